The standard InChI is InChI=1S/C27H17Cl2N3O/c28-21-13-19(12-20(15-30)27-31-24-10-3-4-11-25(24)32-27)26(23(29)14-21)33-16-18-8-5-7-17-6-1-2-9-22(17)18/h1-14H,16H2,(H,31,32)/b20-12+. The Morgan fingerprint density at radius 3 is 2.64 bits per heavy atom. The molecule has 0 aliphatic heterocycles. The normalized spacial score (nSPS) is 11.6. The van der Waals surface area contributed by atoms with E-state index in [1.807, 2.05) is 48.5 Å². The number of aromatic nitrogens is 2. The lowest BCUT2D eigenvalue weighted by molar-refractivity contribution is 0.307. The molecule has 1 heterocycles. The highest BCUT2D eigenvalue weighted by Crippen LogP contribution is 2.36. The molecule has 160 valence electrons. The molecule has 5 rings (SSSR count). The number of benzene rings is 4. The number of nitriles is 1. The van der Waals surface area contributed by atoms with Crippen LogP contribution in [0.1, 0.15) is 17.0 Å². The van der Waals surface area contributed by atoms with Gasteiger partial charge < -0.3 is 9.72 Å². The number of rotatable bonds is 5. The maximum Gasteiger partial charge on any atom is 0.149 e. The van der Waals surface area contributed by atoms with E-state index in [-0.39, 0.29) is 0 Å². The Morgan fingerprint density at radius 1 is 1.00 bits per heavy atom. The molecule has 0 radical (unpaired) electrons. The fourth-order valence-corrected chi connectivity index (χ4v) is 4.36. The number of hydrogen-bond acceptors (Lipinski definition) is 3. The van der Waals surface area contributed by atoms with E-state index in [4.69, 9.17) is 27.9 Å². The number of para-hydroxylation sites is 2. The first-order chi connectivity index (χ1) is 16.1. The summed E-state index contributed by atoms with van der Waals surface area (Å²) in [4.78, 5) is 7.71. The van der Waals surface area contributed by atoms with Crippen LogP contribution in [0, 0.1) is 11.3 Å². The fraction of sp³-hybridized carbons (Fsp3) is 0.0370. The van der Waals surface area contributed by atoms with E-state index in [1.54, 1.807) is 18.2 Å². The van der Waals surface area contributed by atoms with Crippen molar-refractivity contribution in [3.05, 3.63) is 106 Å². The Hall–Kier alpha value is -3.78. The summed E-state index contributed by atoms with van der Waals surface area (Å²) in [5.41, 5.74) is 3.62. The highest BCUT2D eigenvalue weighted by atomic mass is 35.5. The number of H-pyrrole nitrogens is 1. The van der Waals surface area contributed by atoms with Gasteiger partial charge in [0.05, 0.1) is 21.6 Å². The molecular weight excluding hydrogens is 453 g/mol. The van der Waals surface area contributed by atoms with E-state index in [1.165, 1.54) is 0 Å². The van der Waals surface area contributed by atoms with Crippen LogP contribution >= 0.6 is 23.2 Å². The zero-order valence-electron chi connectivity index (χ0n) is 17.3. The number of allylic oxidation sites excluding steroid dienone is 1. The van der Waals surface area contributed by atoms with Gasteiger partial charge in [0.25, 0.3) is 0 Å². The summed E-state index contributed by atoms with van der Waals surface area (Å²) in [6.07, 6.45) is 1.69. The van der Waals surface area contributed by atoms with Gasteiger partial charge in [-0.25, -0.2) is 4.98 Å². The van der Waals surface area contributed by atoms with Gasteiger partial charge in [0, 0.05) is 10.6 Å². The molecule has 5 aromatic rings. The Kier molecular flexibility index (Phi) is 5.75. The Bertz CT molecular complexity index is 1530. The second-order valence-corrected chi connectivity index (χ2v) is 8.35. The largest absolute Gasteiger partial charge is 0.487 e. The third kappa shape index (κ3) is 4.29. The van der Waals surface area contributed by atoms with Gasteiger partial charge in [-0.2, -0.15) is 5.26 Å². The van der Waals surface area contributed by atoms with Crippen molar-refractivity contribution in [2.24, 2.45) is 0 Å². The predicted molar refractivity (Wildman–Crippen MR) is 134 cm³/mol. The Balaban J connectivity index is 1.53. The molecule has 6 heteroatoms. The molecule has 4 nitrogen and oxygen atoms in total. The predicted octanol–water partition coefficient (Wildman–Crippen LogP) is 7.67. The maximum absolute atomic E-state index is 9.84. The summed E-state index contributed by atoms with van der Waals surface area (Å²) in [6.45, 7) is 0.316. The van der Waals surface area contributed by atoms with Gasteiger partial charge in [-0.15, -0.1) is 0 Å². The van der Waals surface area contributed by atoms with Crippen molar-refractivity contribution >= 4 is 56.7 Å². The molecule has 33 heavy (non-hydrogen) atoms. The minimum absolute atomic E-state index is 0.316. The molecule has 0 aliphatic rings. The molecule has 0 fully saturated rings. The van der Waals surface area contributed by atoms with Crippen molar-refractivity contribution in [1.82, 2.24) is 9.97 Å². The van der Waals surface area contributed by atoms with Crippen LogP contribution in [0.15, 0.2) is 78.9 Å². The Labute approximate surface area is 200 Å². The number of ether oxygens (including phenoxy) is 1. The molecule has 0 atom stereocenters. The van der Waals surface area contributed by atoms with E-state index in [0.717, 1.165) is 27.4 Å². The molecule has 0 unspecified atom stereocenters. The minimum Gasteiger partial charge on any atom is -0.487 e. The highest BCUT2D eigenvalue weighted by molar-refractivity contribution is 6.36. The van der Waals surface area contributed by atoms with Gasteiger partial charge in [0.2, 0.25) is 0 Å². The van der Waals surface area contributed by atoms with Crippen molar-refractivity contribution in [3.8, 4) is 11.8 Å². The first-order valence-electron chi connectivity index (χ1n) is 10.3. The van der Waals surface area contributed by atoms with Gasteiger partial charge in [-0.1, -0.05) is 77.8 Å². The average molecular weight is 470 g/mol. The lowest BCUT2D eigenvalue weighted by Crippen LogP contribution is -1.99. The Morgan fingerprint density at radius 2 is 1.79 bits per heavy atom. The van der Waals surface area contributed by atoms with E-state index >= 15 is 0 Å². The molecule has 0 bridgehead atoms. The molecule has 0 amide bonds. The van der Waals surface area contributed by atoms with Crippen LogP contribution in [-0.4, -0.2) is 9.97 Å². The summed E-state index contributed by atoms with van der Waals surface area (Å²) in [7, 11) is 0. The highest BCUT2D eigenvalue weighted by Gasteiger charge is 2.14. The van der Waals surface area contributed by atoms with E-state index in [9.17, 15) is 5.26 Å². The molecule has 0 saturated carbocycles. The number of fused-ring (bicyclic) bond motifs is 2. The van der Waals surface area contributed by atoms with Crippen LogP contribution in [0.25, 0.3) is 33.5 Å². The van der Waals surface area contributed by atoms with Gasteiger partial charge in [-0.05, 0) is 46.7 Å². The van der Waals surface area contributed by atoms with Crippen molar-refractivity contribution in [3.63, 3.8) is 0 Å². The first kappa shape index (κ1) is 21.1. The number of hydrogen-bond donors (Lipinski definition) is 1. The molecule has 1 aromatic heterocycles. The zero-order valence-corrected chi connectivity index (χ0v) is 18.9. The van der Waals surface area contributed by atoms with Gasteiger partial charge >= 0.3 is 0 Å². The number of nitrogens with zero attached hydrogens (tertiary/aromatic N) is 2. The third-order valence-electron chi connectivity index (χ3n) is 5.35. The van der Waals surface area contributed by atoms with E-state index in [2.05, 4.69) is 34.2 Å². The van der Waals surface area contributed by atoms with Crippen LogP contribution in [0.2, 0.25) is 10.0 Å². The lowest BCUT2D eigenvalue weighted by atomic mass is 10.1. The SMILES string of the molecule is N#C/C(=C\c1cc(Cl)cc(Cl)c1OCc1cccc2ccccc12)c1nc2ccccc2[nH]1. The molecule has 1 N–H and O–H groups in total. The molecule has 0 saturated heterocycles. The number of nitrogens with one attached hydrogen (secondary N) is 1. The zero-order chi connectivity index (χ0) is 22.8. The first-order valence-corrected chi connectivity index (χ1v) is 11.0. The second kappa shape index (κ2) is 8.99. The second-order valence-electron chi connectivity index (χ2n) is 7.51. The summed E-state index contributed by atoms with van der Waals surface area (Å²) >= 11 is 12.8. The van der Waals surface area contributed by atoms with Gasteiger partial charge in [0.1, 0.15) is 24.3 Å². The number of imidazole rings is 1. The van der Waals surface area contributed by atoms with Crippen LogP contribution in [0.4, 0.5) is 0 Å². The van der Waals surface area contributed by atoms with Crippen molar-refractivity contribution in [1.29, 1.82) is 5.26 Å². The van der Waals surface area contributed by atoms with Crippen molar-refractivity contribution in [2.45, 2.75) is 6.61 Å². The molecular formula is C27H17Cl2N3O. The van der Waals surface area contributed by atoms with Crippen LogP contribution < -0.4 is 4.74 Å². The summed E-state index contributed by atoms with van der Waals surface area (Å²) in [5.74, 6) is 0.924. The molecule has 0 aliphatic carbocycles. The topological polar surface area (TPSA) is 61.7 Å². The smallest absolute Gasteiger partial charge is 0.149 e. The van der Waals surface area contributed by atoms with Crippen LogP contribution in [-0.2, 0) is 6.61 Å². The molecule has 0 spiro atoms. The summed E-state index contributed by atoms with van der Waals surface area (Å²) in [6, 6.07) is 27.4. The van der Waals surface area contributed by atoms with Crippen molar-refractivity contribution < 1.29 is 4.74 Å². The third-order valence-corrected chi connectivity index (χ3v) is 5.85. The summed E-state index contributed by atoms with van der Waals surface area (Å²) in [5, 5.41) is 12.9. The summed E-state index contributed by atoms with van der Waals surface area (Å²) < 4.78 is 6.18. The molecule has 4 aromatic carbocycles. The van der Waals surface area contributed by atoms with E-state index in [0.29, 0.717) is 39.4 Å². The van der Waals surface area contributed by atoms with E-state index < -0.39 is 0 Å². The quantitative estimate of drug-likeness (QED) is 0.268. The minimum atomic E-state index is 0.316. The number of aromatic amines is 1. The van der Waals surface area contributed by atoms with Crippen LogP contribution in [0.5, 0.6) is 5.75 Å². The maximum atomic E-state index is 9.84. The van der Waals surface area contributed by atoms with Gasteiger partial charge in [-0.3, -0.25) is 0 Å². The average Bonchev–Trinajstić information content (AvgIpc) is 3.26. The fourth-order valence-electron chi connectivity index (χ4n) is 3.80. The lowest BCUT2D eigenvalue weighted by Gasteiger charge is -2.13. The van der Waals surface area contributed by atoms with Gasteiger partial charge in [0.15, 0.2) is 0 Å². The van der Waals surface area contributed by atoms with Crippen molar-refractivity contribution in [2.75, 3.05) is 0 Å². The monoisotopic (exact) mass is 469 g/mol. The van der Waals surface area contributed by atoms with Crippen LogP contribution in [0.3, 0.4) is 0 Å². The number of halogens is 2.